The van der Waals surface area contributed by atoms with E-state index in [1.165, 1.54) is 11.9 Å². The van der Waals surface area contributed by atoms with Crippen molar-refractivity contribution in [3.8, 4) is 0 Å². The maximum atomic E-state index is 9.02. The van der Waals surface area contributed by atoms with Crippen LogP contribution in [-0.2, 0) is 0 Å². The molecule has 1 atom stereocenters. The van der Waals surface area contributed by atoms with Crippen LogP contribution >= 0.6 is 11.9 Å². The minimum absolute atomic E-state index is 0.182. The molecule has 1 heterocycles. The van der Waals surface area contributed by atoms with Gasteiger partial charge in [0.2, 0.25) is 0 Å². The molecule has 3 N–H and O–H groups in total. The SMILES string of the molecule is CCC(CCO)Nc1ncnc(/C=C/SNC)c1C. The van der Waals surface area contributed by atoms with Crippen molar-refractivity contribution in [1.82, 2.24) is 14.7 Å². The van der Waals surface area contributed by atoms with E-state index >= 15 is 0 Å². The molecule has 0 amide bonds. The first-order valence-corrected chi connectivity index (χ1v) is 7.28. The van der Waals surface area contributed by atoms with Crippen LogP contribution in [0.2, 0.25) is 0 Å². The fraction of sp³-hybridized carbons (Fsp3) is 0.538. The van der Waals surface area contributed by atoms with Gasteiger partial charge in [0.25, 0.3) is 0 Å². The third-order valence-corrected chi connectivity index (χ3v) is 3.35. The third kappa shape index (κ3) is 5.18. The lowest BCUT2D eigenvalue weighted by atomic mass is 10.1. The fourth-order valence-electron chi connectivity index (χ4n) is 1.67. The van der Waals surface area contributed by atoms with Crippen LogP contribution in [0.15, 0.2) is 11.7 Å². The molecule has 0 aliphatic heterocycles. The maximum Gasteiger partial charge on any atom is 0.133 e. The minimum atomic E-state index is 0.182. The third-order valence-electron chi connectivity index (χ3n) is 2.85. The molecule has 0 aliphatic carbocycles. The van der Waals surface area contributed by atoms with Crippen molar-refractivity contribution in [2.45, 2.75) is 32.7 Å². The normalized spacial score (nSPS) is 12.8. The van der Waals surface area contributed by atoms with Gasteiger partial charge in [-0.3, -0.25) is 4.72 Å². The summed E-state index contributed by atoms with van der Waals surface area (Å²) in [6.45, 7) is 4.27. The number of aliphatic hydroxyl groups excluding tert-OH is 1. The average molecular weight is 282 g/mol. The van der Waals surface area contributed by atoms with Gasteiger partial charge < -0.3 is 10.4 Å². The van der Waals surface area contributed by atoms with Gasteiger partial charge in [0, 0.05) is 18.2 Å². The van der Waals surface area contributed by atoms with Gasteiger partial charge in [-0.15, -0.1) is 0 Å². The van der Waals surface area contributed by atoms with Gasteiger partial charge in [-0.05, 0) is 38.3 Å². The van der Waals surface area contributed by atoms with E-state index in [-0.39, 0.29) is 12.6 Å². The van der Waals surface area contributed by atoms with Gasteiger partial charge in [-0.1, -0.05) is 18.9 Å². The summed E-state index contributed by atoms with van der Waals surface area (Å²) in [6.07, 6.45) is 5.19. The van der Waals surface area contributed by atoms with Gasteiger partial charge >= 0.3 is 0 Å². The van der Waals surface area contributed by atoms with Crippen molar-refractivity contribution in [1.29, 1.82) is 0 Å². The van der Waals surface area contributed by atoms with Crippen LogP contribution < -0.4 is 10.0 Å². The molecule has 0 saturated heterocycles. The Kier molecular flexibility index (Phi) is 7.47. The van der Waals surface area contributed by atoms with E-state index in [1.54, 1.807) is 6.33 Å². The van der Waals surface area contributed by atoms with E-state index in [1.807, 2.05) is 25.5 Å². The Morgan fingerprint density at radius 1 is 1.47 bits per heavy atom. The van der Waals surface area contributed by atoms with E-state index in [0.29, 0.717) is 0 Å². The molecule has 0 fully saturated rings. The molecule has 106 valence electrons. The summed E-state index contributed by atoms with van der Waals surface area (Å²) < 4.78 is 2.97. The number of hydrogen-bond donors (Lipinski definition) is 3. The Hall–Kier alpha value is -1.11. The van der Waals surface area contributed by atoms with Crippen molar-refractivity contribution < 1.29 is 5.11 Å². The molecule has 0 spiro atoms. The van der Waals surface area contributed by atoms with Crippen molar-refractivity contribution >= 4 is 23.8 Å². The summed E-state index contributed by atoms with van der Waals surface area (Å²) in [5.41, 5.74) is 1.92. The minimum Gasteiger partial charge on any atom is -0.396 e. The average Bonchev–Trinajstić information content (AvgIpc) is 2.42. The Balaban J connectivity index is 2.81. The molecule has 0 bridgehead atoms. The van der Waals surface area contributed by atoms with Crippen molar-refractivity contribution in [2.24, 2.45) is 0 Å². The number of aromatic nitrogens is 2. The monoisotopic (exact) mass is 282 g/mol. The van der Waals surface area contributed by atoms with Crippen molar-refractivity contribution in [3.05, 3.63) is 23.0 Å². The number of aliphatic hydroxyl groups is 1. The van der Waals surface area contributed by atoms with Gasteiger partial charge in [-0.2, -0.15) is 0 Å². The van der Waals surface area contributed by atoms with E-state index in [0.717, 1.165) is 29.9 Å². The number of nitrogens with one attached hydrogen (secondary N) is 2. The van der Waals surface area contributed by atoms with Gasteiger partial charge in [0.15, 0.2) is 0 Å². The van der Waals surface area contributed by atoms with Crippen LogP contribution in [-0.4, -0.2) is 34.8 Å². The smallest absolute Gasteiger partial charge is 0.133 e. The van der Waals surface area contributed by atoms with Crippen LogP contribution in [0.4, 0.5) is 5.82 Å². The summed E-state index contributed by atoms with van der Waals surface area (Å²) in [4.78, 5) is 8.54. The van der Waals surface area contributed by atoms with Gasteiger partial charge in [0.05, 0.1) is 5.69 Å². The second-order valence-electron chi connectivity index (χ2n) is 4.12. The molecule has 0 radical (unpaired) electrons. The first-order chi connectivity index (χ1) is 9.22. The molecule has 1 rings (SSSR count). The highest BCUT2D eigenvalue weighted by Crippen LogP contribution is 2.18. The second-order valence-corrected chi connectivity index (χ2v) is 5.04. The summed E-state index contributed by atoms with van der Waals surface area (Å²) in [7, 11) is 1.87. The number of rotatable bonds is 8. The lowest BCUT2D eigenvalue weighted by Gasteiger charge is -2.18. The molecule has 1 aromatic heterocycles. The largest absolute Gasteiger partial charge is 0.396 e. The zero-order valence-electron chi connectivity index (χ0n) is 11.7. The molecule has 19 heavy (non-hydrogen) atoms. The fourth-order valence-corrected chi connectivity index (χ4v) is 2.00. The first-order valence-electron chi connectivity index (χ1n) is 6.40. The molecule has 1 unspecified atom stereocenters. The second kappa shape index (κ2) is 8.90. The topological polar surface area (TPSA) is 70.1 Å². The molecule has 0 aromatic carbocycles. The van der Waals surface area contributed by atoms with Crippen molar-refractivity contribution in [3.63, 3.8) is 0 Å². The Bertz CT molecular complexity index is 412. The summed E-state index contributed by atoms with van der Waals surface area (Å²) in [5, 5.41) is 14.3. The molecule has 5 nitrogen and oxygen atoms in total. The zero-order valence-corrected chi connectivity index (χ0v) is 12.5. The lowest BCUT2D eigenvalue weighted by Crippen LogP contribution is -2.21. The Morgan fingerprint density at radius 2 is 2.26 bits per heavy atom. The highest BCUT2D eigenvalue weighted by molar-refractivity contribution is 8.00. The highest BCUT2D eigenvalue weighted by Gasteiger charge is 2.10. The van der Waals surface area contributed by atoms with Crippen LogP contribution in [0.25, 0.3) is 6.08 Å². The Labute approximate surface area is 119 Å². The Morgan fingerprint density at radius 3 is 2.89 bits per heavy atom. The molecular formula is C13H22N4OS. The van der Waals surface area contributed by atoms with E-state index < -0.39 is 0 Å². The quantitative estimate of drug-likeness (QED) is 0.635. The number of anilines is 1. The highest BCUT2D eigenvalue weighted by atomic mass is 32.2. The maximum absolute atomic E-state index is 9.02. The zero-order chi connectivity index (χ0) is 14.1. The summed E-state index contributed by atoms with van der Waals surface area (Å²) in [6, 6.07) is 0.238. The van der Waals surface area contributed by atoms with E-state index in [4.69, 9.17) is 5.11 Å². The molecule has 6 heteroatoms. The van der Waals surface area contributed by atoms with E-state index in [2.05, 4.69) is 26.9 Å². The standard InChI is InChI=1S/C13H22N4OS/c1-4-11(5-7-18)17-13-10(2)12(15-9-16-13)6-8-19-14-3/h6,8-9,11,14,18H,4-5,7H2,1-3H3,(H,15,16,17)/b8-6+. The summed E-state index contributed by atoms with van der Waals surface area (Å²) >= 11 is 1.50. The summed E-state index contributed by atoms with van der Waals surface area (Å²) in [5.74, 6) is 0.837. The molecule has 1 aromatic rings. The molecule has 0 aliphatic rings. The number of nitrogens with zero attached hydrogens (tertiary/aromatic N) is 2. The lowest BCUT2D eigenvalue weighted by molar-refractivity contribution is 0.278. The molecule has 0 saturated carbocycles. The van der Waals surface area contributed by atoms with Gasteiger partial charge in [-0.25, -0.2) is 9.97 Å². The first kappa shape index (κ1) is 15.9. The van der Waals surface area contributed by atoms with Crippen LogP contribution in [0.3, 0.4) is 0 Å². The van der Waals surface area contributed by atoms with Gasteiger partial charge in [0.1, 0.15) is 12.1 Å². The van der Waals surface area contributed by atoms with Crippen molar-refractivity contribution in [2.75, 3.05) is 19.0 Å². The van der Waals surface area contributed by atoms with Crippen LogP contribution in [0.5, 0.6) is 0 Å². The molecular weight excluding hydrogens is 260 g/mol. The van der Waals surface area contributed by atoms with Crippen LogP contribution in [0.1, 0.15) is 31.0 Å². The van der Waals surface area contributed by atoms with E-state index in [9.17, 15) is 0 Å². The predicted octanol–water partition coefficient (Wildman–Crippen LogP) is 2.20. The predicted molar refractivity (Wildman–Crippen MR) is 81.9 cm³/mol. The number of hydrogen-bond acceptors (Lipinski definition) is 6. The van der Waals surface area contributed by atoms with Crippen LogP contribution in [0, 0.1) is 6.92 Å².